The van der Waals surface area contributed by atoms with Crippen LogP contribution in [0.4, 0.5) is 15.8 Å². The number of H-pyrrole nitrogens is 1. The molecule has 3 aromatic rings. The van der Waals surface area contributed by atoms with Crippen LogP contribution in [0.3, 0.4) is 0 Å². The lowest BCUT2D eigenvalue weighted by Crippen LogP contribution is -2.31. The highest BCUT2D eigenvalue weighted by Gasteiger charge is 2.28. The number of nitrogens with one attached hydrogen (secondary N) is 4. The van der Waals surface area contributed by atoms with E-state index in [2.05, 4.69) is 25.9 Å². The van der Waals surface area contributed by atoms with E-state index >= 15 is 0 Å². The van der Waals surface area contributed by atoms with Crippen LogP contribution in [0.1, 0.15) is 28.9 Å². The van der Waals surface area contributed by atoms with Crippen LogP contribution >= 0.6 is 11.6 Å². The number of rotatable bonds is 4. The maximum atomic E-state index is 13.9. The molecule has 1 fully saturated rings. The summed E-state index contributed by atoms with van der Waals surface area (Å²) >= 11 is 6.10. The summed E-state index contributed by atoms with van der Waals surface area (Å²) in [5.74, 6) is -0.203. The zero-order valence-corrected chi connectivity index (χ0v) is 18.5. The van der Waals surface area contributed by atoms with Crippen LogP contribution < -0.4 is 20.7 Å². The molecule has 1 amide bonds. The first-order valence-electron chi connectivity index (χ1n) is 10.5. The van der Waals surface area contributed by atoms with E-state index in [1.165, 1.54) is 32.0 Å². The number of aromatic nitrogens is 2. The SMILES string of the molecule is C1CCNC1.COc1cnccc1-c1[nH]c2c(c1Nc1cccc(F)c1Cl)C(=O)NCC2. The second-order valence-electron chi connectivity index (χ2n) is 7.49. The molecular formula is C23H25ClFN5O2. The summed E-state index contributed by atoms with van der Waals surface area (Å²) in [6, 6.07) is 6.26. The van der Waals surface area contributed by atoms with Gasteiger partial charge in [0.1, 0.15) is 11.6 Å². The topological polar surface area (TPSA) is 91.1 Å². The number of aromatic amines is 1. The maximum Gasteiger partial charge on any atom is 0.255 e. The average Bonchev–Trinajstić information content (AvgIpc) is 3.50. The molecule has 2 aliphatic rings. The van der Waals surface area contributed by atoms with Crippen molar-refractivity contribution in [3.8, 4) is 17.0 Å². The van der Waals surface area contributed by atoms with E-state index in [9.17, 15) is 9.18 Å². The van der Waals surface area contributed by atoms with Gasteiger partial charge in [-0.2, -0.15) is 0 Å². The van der Waals surface area contributed by atoms with E-state index in [0.29, 0.717) is 41.3 Å². The Morgan fingerprint density at radius 2 is 2.00 bits per heavy atom. The molecular weight excluding hydrogens is 433 g/mol. The number of halogens is 2. The molecule has 7 nitrogen and oxygen atoms in total. The van der Waals surface area contributed by atoms with Crippen molar-refractivity contribution in [2.24, 2.45) is 0 Å². The van der Waals surface area contributed by atoms with Crippen LogP contribution in [-0.4, -0.2) is 42.6 Å². The van der Waals surface area contributed by atoms with Gasteiger partial charge in [-0.3, -0.25) is 9.78 Å². The van der Waals surface area contributed by atoms with E-state index < -0.39 is 5.82 Å². The van der Waals surface area contributed by atoms with Crippen molar-refractivity contribution >= 4 is 28.9 Å². The van der Waals surface area contributed by atoms with E-state index in [-0.39, 0.29) is 10.9 Å². The molecule has 1 aromatic carbocycles. The lowest BCUT2D eigenvalue weighted by atomic mass is 10.0. The van der Waals surface area contributed by atoms with Crippen molar-refractivity contribution in [1.29, 1.82) is 0 Å². The second-order valence-corrected chi connectivity index (χ2v) is 7.87. The van der Waals surface area contributed by atoms with Gasteiger partial charge in [0.05, 0.1) is 41.0 Å². The summed E-state index contributed by atoms with van der Waals surface area (Å²) in [6.07, 6.45) is 6.66. The first-order valence-corrected chi connectivity index (χ1v) is 10.9. The number of hydrogen-bond donors (Lipinski definition) is 4. The smallest absolute Gasteiger partial charge is 0.255 e. The molecule has 0 unspecified atom stereocenters. The van der Waals surface area contributed by atoms with Gasteiger partial charge in [-0.05, 0) is 44.1 Å². The number of methoxy groups -OCH3 is 1. The fraction of sp³-hybridized carbons (Fsp3) is 0.304. The molecule has 0 saturated carbocycles. The number of amides is 1. The summed E-state index contributed by atoms with van der Waals surface area (Å²) in [5, 5.41) is 9.14. The third-order valence-electron chi connectivity index (χ3n) is 5.41. The normalized spacial score (nSPS) is 14.8. The van der Waals surface area contributed by atoms with Gasteiger partial charge in [0.15, 0.2) is 0 Å². The quantitative estimate of drug-likeness (QED) is 0.469. The minimum Gasteiger partial charge on any atom is -0.494 e. The molecule has 2 aliphatic heterocycles. The minimum atomic E-state index is -0.543. The van der Waals surface area contributed by atoms with Crippen LogP contribution in [0, 0.1) is 5.82 Å². The van der Waals surface area contributed by atoms with Gasteiger partial charge in [-0.25, -0.2) is 4.39 Å². The van der Waals surface area contributed by atoms with Crippen LogP contribution in [0.25, 0.3) is 11.3 Å². The number of carbonyl (C=O) groups is 1. The van der Waals surface area contributed by atoms with Crippen molar-refractivity contribution in [2.75, 3.05) is 32.1 Å². The first-order chi connectivity index (χ1) is 15.6. The number of carbonyl (C=O) groups excluding carboxylic acids is 1. The Bertz CT molecular complexity index is 1110. The summed E-state index contributed by atoms with van der Waals surface area (Å²) in [6.45, 7) is 3.04. The first kappa shape index (κ1) is 22.1. The molecule has 0 spiro atoms. The van der Waals surface area contributed by atoms with Crippen molar-refractivity contribution in [2.45, 2.75) is 19.3 Å². The molecule has 0 bridgehead atoms. The zero-order chi connectivity index (χ0) is 22.5. The highest BCUT2D eigenvalue weighted by molar-refractivity contribution is 6.33. The van der Waals surface area contributed by atoms with Gasteiger partial charge in [0.25, 0.3) is 5.91 Å². The lowest BCUT2D eigenvalue weighted by molar-refractivity contribution is 0.0947. The molecule has 0 atom stereocenters. The molecule has 9 heteroatoms. The lowest BCUT2D eigenvalue weighted by Gasteiger charge is -2.16. The number of ether oxygens (including phenoxy) is 1. The van der Waals surface area contributed by atoms with Gasteiger partial charge < -0.3 is 25.7 Å². The predicted octanol–water partition coefficient (Wildman–Crippen LogP) is 4.28. The van der Waals surface area contributed by atoms with Crippen LogP contribution in [0.5, 0.6) is 5.75 Å². The van der Waals surface area contributed by atoms with Gasteiger partial charge >= 0.3 is 0 Å². The van der Waals surface area contributed by atoms with Crippen molar-refractivity contribution in [1.82, 2.24) is 20.6 Å². The monoisotopic (exact) mass is 457 g/mol. The van der Waals surface area contributed by atoms with Gasteiger partial charge in [-0.15, -0.1) is 0 Å². The van der Waals surface area contributed by atoms with E-state index in [0.717, 1.165) is 11.3 Å². The van der Waals surface area contributed by atoms with Gasteiger partial charge in [0, 0.05) is 30.4 Å². The Morgan fingerprint density at radius 1 is 1.19 bits per heavy atom. The molecule has 2 aromatic heterocycles. The summed E-state index contributed by atoms with van der Waals surface area (Å²) in [7, 11) is 1.55. The van der Waals surface area contributed by atoms with Crippen molar-refractivity contribution in [3.05, 3.63) is 58.8 Å². The Kier molecular flexibility index (Phi) is 6.92. The fourth-order valence-corrected chi connectivity index (χ4v) is 3.99. The number of hydrogen-bond acceptors (Lipinski definition) is 5. The van der Waals surface area contributed by atoms with E-state index in [4.69, 9.17) is 16.3 Å². The molecule has 0 aliphatic carbocycles. The Hall–Kier alpha value is -3.10. The number of benzene rings is 1. The van der Waals surface area contributed by atoms with E-state index in [1.807, 2.05) is 0 Å². The number of nitrogens with zero attached hydrogens (tertiary/aromatic N) is 1. The summed E-state index contributed by atoms with van der Waals surface area (Å²) in [4.78, 5) is 19.9. The maximum absolute atomic E-state index is 13.9. The fourth-order valence-electron chi connectivity index (χ4n) is 3.82. The Balaban J connectivity index is 0.000000433. The average molecular weight is 458 g/mol. The molecule has 168 valence electrons. The van der Waals surface area contributed by atoms with Crippen LogP contribution in [0.2, 0.25) is 5.02 Å². The number of fused-ring (bicyclic) bond motifs is 1. The highest BCUT2D eigenvalue weighted by atomic mass is 35.5. The molecule has 1 saturated heterocycles. The summed E-state index contributed by atoms with van der Waals surface area (Å²) < 4.78 is 19.3. The zero-order valence-electron chi connectivity index (χ0n) is 17.7. The highest BCUT2D eigenvalue weighted by Crippen LogP contribution is 2.41. The van der Waals surface area contributed by atoms with Crippen LogP contribution in [0.15, 0.2) is 36.7 Å². The van der Waals surface area contributed by atoms with Gasteiger partial charge in [-0.1, -0.05) is 17.7 Å². The van der Waals surface area contributed by atoms with Crippen LogP contribution in [-0.2, 0) is 6.42 Å². The van der Waals surface area contributed by atoms with Gasteiger partial charge in [0.2, 0.25) is 0 Å². The Labute approximate surface area is 190 Å². The second kappa shape index (κ2) is 10.0. The standard InChI is InChI=1S/C19H16ClFN4O2.C4H9N/c1-27-14-9-22-7-5-10(14)17-18(15-12(24-17)6-8-23-19(15)26)25-13-4-2-3-11(21)16(13)20;1-2-4-5-3-1/h2-5,7,9,24-25H,6,8H2,1H3,(H,23,26);5H,1-4H2. The van der Waals surface area contributed by atoms with Crippen molar-refractivity contribution in [3.63, 3.8) is 0 Å². The third kappa shape index (κ3) is 4.56. The minimum absolute atomic E-state index is 0.0451. The summed E-state index contributed by atoms with van der Waals surface area (Å²) in [5.41, 5.74) is 3.53. The molecule has 4 heterocycles. The number of anilines is 2. The molecule has 5 rings (SSSR count). The predicted molar refractivity (Wildman–Crippen MR) is 123 cm³/mol. The van der Waals surface area contributed by atoms with Crippen molar-refractivity contribution < 1.29 is 13.9 Å². The third-order valence-corrected chi connectivity index (χ3v) is 5.79. The molecule has 32 heavy (non-hydrogen) atoms. The Morgan fingerprint density at radius 3 is 2.72 bits per heavy atom. The largest absolute Gasteiger partial charge is 0.494 e. The molecule has 4 N–H and O–H groups in total. The molecule has 0 radical (unpaired) electrons. The number of pyridine rings is 1. The van der Waals surface area contributed by atoms with E-state index in [1.54, 1.807) is 37.7 Å².